The van der Waals surface area contributed by atoms with Crippen LogP contribution in [0, 0.1) is 11.3 Å². The summed E-state index contributed by atoms with van der Waals surface area (Å²) in [5.74, 6) is -0.492. The van der Waals surface area contributed by atoms with Gasteiger partial charge in [0.1, 0.15) is 12.7 Å². The zero-order chi connectivity index (χ0) is 24.3. The fraction of sp³-hybridized carbons (Fsp3) is 0.462. The summed E-state index contributed by atoms with van der Waals surface area (Å²) in [5.41, 5.74) is 2.55. The van der Waals surface area contributed by atoms with Gasteiger partial charge < -0.3 is 28.7 Å². The van der Waals surface area contributed by atoms with Gasteiger partial charge in [0, 0.05) is 38.7 Å². The Labute approximate surface area is 201 Å². The maximum absolute atomic E-state index is 12.4. The largest absolute Gasteiger partial charge is 0.460 e. The Morgan fingerprint density at radius 1 is 1.00 bits per heavy atom. The van der Waals surface area contributed by atoms with Crippen molar-refractivity contribution in [3.05, 3.63) is 48.0 Å². The minimum atomic E-state index is -0.492. The van der Waals surface area contributed by atoms with Gasteiger partial charge in [-0.15, -0.1) is 0 Å². The number of carbonyl (C=O) groups excluding carboxylic acids is 1. The van der Waals surface area contributed by atoms with E-state index in [1.807, 2.05) is 30.3 Å². The molecule has 0 amide bonds. The lowest BCUT2D eigenvalue weighted by atomic mass is 9.98. The number of methoxy groups -OCH3 is 1. The second-order valence-corrected chi connectivity index (χ2v) is 8.13. The Balaban J connectivity index is 1.56. The SMILES string of the molecule is C=C(C(=O)OCCOCCOCCOC)c1ccc2c(C#N)c(N3CCN(C)CC3)ccc2c1. The van der Waals surface area contributed by atoms with Crippen LogP contribution in [0.15, 0.2) is 36.9 Å². The summed E-state index contributed by atoms with van der Waals surface area (Å²) in [7, 11) is 3.73. The van der Waals surface area contributed by atoms with Gasteiger partial charge in [-0.1, -0.05) is 24.8 Å². The molecule has 0 saturated carbocycles. The van der Waals surface area contributed by atoms with Crippen molar-refractivity contribution in [1.29, 1.82) is 5.26 Å². The maximum Gasteiger partial charge on any atom is 0.338 e. The molecule has 8 nitrogen and oxygen atoms in total. The summed E-state index contributed by atoms with van der Waals surface area (Å²) in [6.07, 6.45) is 0. The van der Waals surface area contributed by atoms with Gasteiger partial charge in [-0.3, -0.25) is 0 Å². The zero-order valence-corrected chi connectivity index (χ0v) is 20.0. The molecule has 0 N–H and O–H groups in total. The Morgan fingerprint density at radius 2 is 1.68 bits per heavy atom. The molecule has 8 heteroatoms. The van der Waals surface area contributed by atoms with Crippen LogP contribution >= 0.6 is 0 Å². The van der Waals surface area contributed by atoms with Crippen LogP contribution in [0.4, 0.5) is 5.69 Å². The summed E-state index contributed by atoms with van der Waals surface area (Å²) in [6, 6.07) is 11.9. The molecule has 2 aromatic carbocycles. The molecule has 1 aliphatic heterocycles. The van der Waals surface area contributed by atoms with Gasteiger partial charge in [0.2, 0.25) is 0 Å². The van der Waals surface area contributed by atoms with E-state index >= 15 is 0 Å². The molecule has 3 rings (SSSR count). The fourth-order valence-corrected chi connectivity index (χ4v) is 3.80. The standard InChI is InChI=1S/C26H33N3O5/c1-20(26(30)34-17-16-33-15-14-32-13-12-31-3)21-4-6-23-22(18-21)5-7-25(24(23)19-27)29-10-8-28(2)9-11-29/h4-7,18H,1,8-17H2,2-3H3. The Morgan fingerprint density at radius 3 is 2.35 bits per heavy atom. The Hall–Kier alpha value is -2.96. The highest BCUT2D eigenvalue weighted by Gasteiger charge is 2.19. The number of piperazine rings is 1. The van der Waals surface area contributed by atoms with Crippen molar-refractivity contribution in [2.75, 3.05) is 84.9 Å². The maximum atomic E-state index is 12.4. The van der Waals surface area contributed by atoms with E-state index in [0.717, 1.165) is 42.6 Å². The van der Waals surface area contributed by atoms with Crippen LogP contribution in [-0.4, -0.2) is 90.8 Å². The van der Waals surface area contributed by atoms with Gasteiger partial charge in [-0.25, -0.2) is 4.79 Å². The number of likely N-dealkylation sites (N-methyl/N-ethyl adjacent to an activating group) is 1. The molecule has 1 heterocycles. The van der Waals surface area contributed by atoms with Crippen LogP contribution in [-0.2, 0) is 23.7 Å². The van der Waals surface area contributed by atoms with Crippen molar-refractivity contribution in [2.45, 2.75) is 0 Å². The minimum Gasteiger partial charge on any atom is -0.460 e. The average Bonchev–Trinajstić information content (AvgIpc) is 2.86. The lowest BCUT2D eigenvalue weighted by Gasteiger charge is -2.34. The Bertz CT molecular complexity index is 1030. The van der Waals surface area contributed by atoms with Crippen molar-refractivity contribution in [1.82, 2.24) is 4.90 Å². The first-order valence-electron chi connectivity index (χ1n) is 11.5. The number of hydrogen-bond donors (Lipinski definition) is 0. The number of benzene rings is 2. The third kappa shape index (κ3) is 6.78. The number of hydrogen-bond acceptors (Lipinski definition) is 8. The molecule has 0 unspecified atom stereocenters. The number of esters is 1. The van der Waals surface area contributed by atoms with Crippen molar-refractivity contribution < 1.29 is 23.7 Å². The predicted molar refractivity (Wildman–Crippen MR) is 132 cm³/mol. The van der Waals surface area contributed by atoms with Crippen LogP contribution in [0.1, 0.15) is 11.1 Å². The molecular weight excluding hydrogens is 434 g/mol. The van der Waals surface area contributed by atoms with E-state index in [9.17, 15) is 10.1 Å². The van der Waals surface area contributed by atoms with Gasteiger partial charge in [0.25, 0.3) is 0 Å². The number of nitriles is 1. The molecule has 1 saturated heterocycles. The number of anilines is 1. The highest BCUT2D eigenvalue weighted by atomic mass is 16.6. The first-order chi connectivity index (χ1) is 16.5. The van der Waals surface area contributed by atoms with Crippen LogP contribution in [0.25, 0.3) is 16.3 Å². The van der Waals surface area contributed by atoms with Gasteiger partial charge >= 0.3 is 5.97 Å². The quantitative estimate of drug-likeness (QED) is 0.268. The number of rotatable bonds is 12. The second kappa shape index (κ2) is 13.1. The van der Waals surface area contributed by atoms with Crippen LogP contribution in [0.3, 0.4) is 0 Å². The molecular formula is C26H33N3O5. The van der Waals surface area contributed by atoms with Crippen LogP contribution in [0.5, 0.6) is 0 Å². The van der Waals surface area contributed by atoms with Crippen molar-refractivity contribution in [2.24, 2.45) is 0 Å². The molecule has 0 atom stereocenters. The summed E-state index contributed by atoms with van der Waals surface area (Å²) < 4.78 is 20.9. The number of nitrogens with zero attached hydrogens (tertiary/aromatic N) is 3. The molecule has 1 fully saturated rings. The molecule has 0 spiro atoms. The summed E-state index contributed by atoms with van der Waals surface area (Å²) in [5, 5.41) is 11.6. The smallest absolute Gasteiger partial charge is 0.338 e. The van der Waals surface area contributed by atoms with Crippen LogP contribution < -0.4 is 4.90 Å². The number of fused-ring (bicyclic) bond motifs is 1. The monoisotopic (exact) mass is 467 g/mol. The topological polar surface area (TPSA) is 84.3 Å². The van der Waals surface area contributed by atoms with E-state index in [4.69, 9.17) is 18.9 Å². The van der Waals surface area contributed by atoms with Crippen molar-refractivity contribution >= 4 is 28.0 Å². The van der Waals surface area contributed by atoms with Gasteiger partial charge in [0.05, 0.1) is 49.9 Å². The molecule has 182 valence electrons. The van der Waals surface area contributed by atoms with E-state index < -0.39 is 5.97 Å². The molecule has 2 aromatic rings. The predicted octanol–water partition coefficient (Wildman–Crippen LogP) is 2.70. The summed E-state index contributed by atoms with van der Waals surface area (Å²) in [6.45, 7) is 9.99. The minimum absolute atomic E-state index is 0.135. The molecule has 0 bridgehead atoms. The zero-order valence-electron chi connectivity index (χ0n) is 20.0. The lowest BCUT2D eigenvalue weighted by Crippen LogP contribution is -2.44. The van der Waals surface area contributed by atoms with Crippen molar-refractivity contribution in [3.63, 3.8) is 0 Å². The number of carbonyl (C=O) groups is 1. The highest BCUT2D eigenvalue weighted by molar-refractivity contribution is 6.16. The Kier molecular flexibility index (Phi) is 9.86. The first-order valence-corrected chi connectivity index (χ1v) is 11.5. The third-order valence-electron chi connectivity index (χ3n) is 5.81. The van der Waals surface area contributed by atoms with Crippen molar-refractivity contribution in [3.8, 4) is 6.07 Å². The second-order valence-electron chi connectivity index (χ2n) is 8.13. The summed E-state index contributed by atoms with van der Waals surface area (Å²) >= 11 is 0. The van der Waals surface area contributed by atoms with E-state index in [1.54, 1.807) is 7.11 Å². The van der Waals surface area contributed by atoms with Crippen LogP contribution in [0.2, 0.25) is 0 Å². The van der Waals surface area contributed by atoms with E-state index in [2.05, 4.69) is 29.5 Å². The third-order valence-corrected chi connectivity index (χ3v) is 5.81. The van der Waals surface area contributed by atoms with E-state index in [1.165, 1.54) is 0 Å². The molecule has 0 radical (unpaired) electrons. The van der Waals surface area contributed by atoms with E-state index in [0.29, 0.717) is 37.6 Å². The molecule has 0 aliphatic carbocycles. The first kappa shape index (κ1) is 25.7. The normalized spacial score (nSPS) is 14.2. The van der Waals surface area contributed by atoms with Gasteiger partial charge in [-0.2, -0.15) is 5.26 Å². The van der Waals surface area contributed by atoms with E-state index in [-0.39, 0.29) is 18.8 Å². The number of ether oxygens (including phenoxy) is 4. The van der Waals surface area contributed by atoms with Gasteiger partial charge in [-0.05, 0) is 30.1 Å². The molecule has 1 aliphatic rings. The molecule has 0 aromatic heterocycles. The molecule has 34 heavy (non-hydrogen) atoms. The van der Waals surface area contributed by atoms with Gasteiger partial charge in [0.15, 0.2) is 0 Å². The lowest BCUT2D eigenvalue weighted by molar-refractivity contribution is -0.138. The highest BCUT2D eigenvalue weighted by Crippen LogP contribution is 2.31. The summed E-state index contributed by atoms with van der Waals surface area (Å²) in [4.78, 5) is 17.0. The average molecular weight is 468 g/mol. The fourth-order valence-electron chi connectivity index (χ4n) is 3.80.